The summed E-state index contributed by atoms with van der Waals surface area (Å²) in [5.41, 5.74) is 0. The molecule has 0 aliphatic carbocycles. The Kier molecular flexibility index (Phi) is 18.6. The molecule has 3 atom stereocenters. The lowest BCUT2D eigenvalue weighted by atomic mass is 10.0. The molecule has 3 nitrogen and oxygen atoms in total. The summed E-state index contributed by atoms with van der Waals surface area (Å²) in [5.74, 6) is 0. The van der Waals surface area contributed by atoms with Gasteiger partial charge in [0.25, 0.3) is 0 Å². The smallest absolute Gasteiger partial charge is 0.0784 e. The molecule has 0 saturated heterocycles. The lowest BCUT2D eigenvalue weighted by Crippen LogP contribution is -2.27. The zero-order valence-electron chi connectivity index (χ0n) is 17.6. The highest BCUT2D eigenvalue weighted by molar-refractivity contribution is 4.63. The van der Waals surface area contributed by atoms with Crippen molar-refractivity contribution in [1.82, 2.24) is 0 Å². The predicted octanol–water partition coefficient (Wildman–Crippen LogP) is 6.27. The lowest BCUT2D eigenvalue weighted by Gasteiger charge is -2.23. The van der Waals surface area contributed by atoms with E-state index < -0.39 is 0 Å². The SMILES string of the molecule is CCCCCCCCCCC(CCCCC)OC(C)COC(C)CO. The number of unbranched alkanes of at least 4 members (excludes halogenated alkanes) is 9. The van der Waals surface area contributed by atoms with Crippen molar-refractivity contribution in [2.24, 2.45) is 0 Å². The third kappa shape index (κ3) is 17.1. The van der Waals surface area contributed by atoms with Crippen LogP contribution in [-0.2, 0) is 9.47 Å². The molecule has 0 aromatic rings. The van der Waals surface area contributed by atoms with Crippen LogP contribution in [0.3, 0.4) is 0 Å². The first-order valence-corrected chi connectivity index (χ1v) is 11.0. The average Bonchev–Trinajstić information content (AvgIpc) is 2.61. The molecule has 25 heavy (non-hydrogen) atoms. The van der Waals surface area contributed by atoms with Gasteiger partial charge in [-0.05, 0) is 26.7 Å². The van der Waals surface area contributed by atoms with Crippen LogP contribution in [0.2, 0.25) is 0 Å². The molecule has 0 bridgehead atoms. The third-order valence-electron chi connectivity index (χ3n) is 4.81. The number of hydrogen-bond donors (Lipinski definition) is 1. The van der Waals surface area contributed by atoms with E-state index in [-0.39, 0.29) is 18.8 Å². The molecule has 0 aliphatic rings. The molecule has 0 aliphatic heterocycles. The van der Waals surface area contributed by atoms with Gasteiger partial charge in [-0.3, -0.25) is 0 Å². The Balaban J connectivity index is 3.91. The van der Waals surface area contributed by atoms with Crippen LogP contribution in [0.4, 0.5) is 0 Å². The minimum absolute atomic E-state index is 0.0743. The number of ether oxygens (including phenoxy) is 2. The summed E-state index contributed by atoms with van der Waals surface area (Å²) >= 11 is 0. The van der Waals surface area contributed by atoms with Crippen molar-refractivity contribution in [2.45, 2.75) is 129 Å². The van der Waals surface area contributed by atoms with Crippen molar-refractivity contribution in [3.8, 4) is 0 Å². The molecular formula is C22H46O3. The van der Waals surface area contributed by atoms with Gasteiger partial charge in [-0.1, -0.05) is 84.5 Å². The van der Waals surface area contributed by atoms with Gasteiger partial charge in [0.05, 0.1) is 31.5 Å². The van der Waals surface area contributed by atoms with E-state index in [4.69, 9.17) is 14.6 Å². The molecule has 0 aromatic heterocycles. The highest BCUT2D eigenvalue weighted by Crippen LogP contribution is 2.17. The van der Waals surface area contributed by atoms with Crippen LogP contribution in [-0.4, -0.2) is 36.6 Å². The molecule has 1 N–H and O–H groups in total. The highest BCUT2D eigenvalue weighted by Gasteiger charge is 2.14. The first-order valence-electron chi connectivity index (χ1n) is 11.0. The van der Waals surface area contributed by atoms with E-state index in [1.165, 1.54) is 83.5 Å². The summed E-state index contributed by atoms with van der Waals surface area (Å²) in [5, 5.41) is 9.04. The van der Waals surface area contributed by atoms with Crippen LogP contribution in [0.1, 0.15) is 111 Å². The Labute approximate surface area is 157 Å². The van der Waals surface area contributed by atoms with Gasteiger partial charge in [-0.2, -0.15) is 0 Å². The molecule has 0 radical (unpaired) electrons. The quantitative estimate of drug-likeness (QED) is 0.277. The van der Waals surface area contributed by atoms with Gasteiger partial charge in [0, 0.05) is 0 Å². The monoisotopic (exact) mass is 358 g/mol. The van der Waals surface area contributed by atoms with Gasteiger partial charge in [0.2, 0.25) is 0 Å². The summed E-state index contributed by atoms with van der Waals surface area (Å²) in [4.78, 5) is 0. The molecule has 3 heteroatoms. The Morgan fingerprint density at radius 2 is 1.16 bits per heavy atom. The van der Waals surface area contributed by atoms with Gasteiger partial charge in [-0.25, -0.2) is 0 Å². The van der Waals surface area contributed by atoms with Crippen molar-refractivity contribution in [2.75, 3.05) is 13.2 Å². The van der Waals surface area contributed by atoms with Crippen LogP contribution < -0.4 is 0 Å². The maximum atomic E-state index is 9.04. The van der Waals surface area contributed by atoms with Gasteiger partial charge < -0.3 is 14.6 Å². The largest absolute Gasteiger partial charge is 0.394 e. The van der Waals surface area contributed by atoms with E-state index in [1.54, 1.807) is 0 Å². The van der Waals surface area contributed by atoms with Crippen LogP contribution in [0, 0.1) is 0 Å². The molecule has 0 fully saturated rings. The van der Waals surface area contributed by atoms with Gasteiger partial charge in [0.15, 0.2) is 0 Å². The standard InChI is InChI=1S/C22H46O3/c1-5-7-9-10-11-12-13-15-17-22(16-14-8-6-2)25-21(4)19-24-20(3)18-23/h20-23H,5-19H2,1-4H3. The number of aliphatic hydroxyl groups excluding tert-OH is 1. The van der Waals surface area contributed by atoms with E-state index in [1.807, 2.05) is 6.92 Å². The first-order chi connectivity index (χ1) is 12.1. The highest BCUT2D eigenvalue weighted by atomic mass is 16.5. The predicted molar refractivity (Wildman–Crippen MR) is 108 cm³/mol. The van der Waals surface area contributed by atoms with Gasteiger partial charge in [0.1, 0.15) is 0 Å². The number of hydrogen-bond acceptors (Lipinski definition) is 3. The zero-order chi connectivity index (χ0) is 18.8. The van der Waals surface area contributed by atoms with Crippen LogP contribution >= 0.6 is 0 Å². The molecule has 0 aromatic carbocycles. The van der Waals surface area contributed by atoms with Crippen molar-refractivity contribution in [1.29, 1.82) is 0 Å². The van der Waals surface area contributed by atoms with E-state index in [2.05, 4.69) is 20.8 Å². The van der Waals surface area contributed by atoms with Crippen molar-refractivity contribution in [3.05, 3.63) is 0 Å². The van der Waals surface area contributed by atoms with Gasteiger partial charge >= 0.3 is 0 Å². The second-order valence-corrected chi connectivity index (χ2v) is 7.65. The van der Waals surface area contributed by atoms with E-state index in [0.29, 0.717) is 12.7 Å². The summed E-state index contributed by atoms with van der Waals surface area (Å²) in [6.07, 6.45) is 17.5. The third-order valence-corrected chi connectivity index (χ3v) is 4.81. The minimum Gasteiger partial charge on any atom is -0.394 e. The summed E-state index contributed by atoms with van der Waals surface area (Å²) in [6.45, 7) is 9.15. The average molecular weight is 359 g/mol. The summed E-state index contributed by atoms with van der Waals surface area (Å²) in [6, 6.07) is 0. The second kappa shape index (κ2) is 18.7. The number of aliphatic hydroxyl groups is 1. The van der Waals surface area contributed by atoms with E-state index in [9.17, 15) is 0 Å². The fourth-order valence-electron chi connectivity index (χ4n) is 3.13. The number of rotatable bonds is 19. The fourth-order valence-corrected chi connectivity index (χ4v) is 3.13. The summed E-state index contributed by atoms with van der Waals surface area (Å²) < 4.78 is 11.8. The molecule has 0 rings (SSSR count). The van der Waals surface area contributed by atoms with Crippen molar-refractivity contribution < 1.29 is 14.6 Å². The van der Waals surface area contributed by atoms with Crippen LogP contribution in [0.15, 0.2) is 0 Å². The van der Waals surface area contributed by atoms with Crippen LogP contribution in [0.5, 0.6) is 0 Å². The molecule has 152 valence electrons. The Morgan fingerprint density at radius 3 is 1.72 bits per heavy atom. The summed E-state index contributed by atoms with van der Waals surface area (Å²) in [7, 11) is 0. The molecule has 0 heterocycles. The zero-order valence-corrected chi connectivity index (χ0v) is 17.6. The first kappa shape index (κ1) is 24.9. The molecule has 0 spiro atoms. The maximum absolute atomic E-state index is 9.04. The Morgan fingerprint density at radius 1 is 0.680 bits per heavy atom. The van der Waals surface area contributed by atoms with Crippen molar-refractivity contribution in [3.63, 3.8) is 0 Å². The lowest BCUT2D eigenvalue weighted by molar-refractivity contribution is -0.0770. The molecular weight excluding hydrogens is 312 g/mol. The Bertz CT molecular complexity index is 258. The second-order valence-electron chi connectivity index (χ2n) is 7.65. The molecule has 3 unspecified atom stereocenters. The van der Waals surface area contributed by atoms with E-state index >= 15 is 0 Å². The van der Waals surface area contributed by atoms with Gasteiger partial charge in [-0.15, -0.1) is 0 Å². The topological polar surface area (TPSA) is 38.7 Å². The van der Waals surface area contributed by atoms with E-state index in [0.717, 1.165) is 0 Å². The molecule has 0 saturated carbocycles. The Hall–Kier alpha value is -0.120. The van der Waals surface area contributed by atoms with Crippen molar-refractivity contribution >= 4 is 0 Å². The minimum atomic E-state index is -0.0997. The molecule has 0 amide bonds. The maximum Gasteiger partial charge on any atom is 0.0784 e. The van der Waals surface area contributed by atoms with Crippen LogP contribution in [0.25, 0.3) is 0 Å². The fraction of sp³-hybridized carbons (Fsp3) is 1.00. The normalized spacial score (nSPS) is 15.2.